The summed E-state index contributed by atoms with van der Waals surface area (Å²) in [6.45, 7) is 0.515. The van der Waals surface area contributed by atoms with Crippen LogP contribution in [0.4, 0.5) is 17.6 Å². The highest BCUT2D eigenvalue weighted by atomic mass is 35.5. The van der Waals surface area contributed by atoms with Crippen molar-refractivity contribution in [1.82, 2.24) is 0 Å². The molecule has 0 atom stereocenters. The van der Waals surface area contributed by atoms with Crippen LogP contribution in [0, 0.1) is 5.82 Å². The van der Waals surface area contributed by atoms with Crippen molar-refractivity contribution in [2.45, 2.75) is 13.1 Å². The van der Waals surface area contributed by atoms with Crippen LogP contribution < -0.4 is 9.47 Å². The van der Waals surface area contributed by atoms with E-state index in [9.17, 15) is 27.2 Å². The first kappa shape index (κ1) is 20.5. The summed E-state index contributed by atoms with van der Waals surface area (Å²) in [5.74, 6) is -3.69. The van der Waals surface area contributed by atoms with E-state index in [-0.39, 0.29) is 22.8 Å². The molecular formula is C17H11ClF4O5. The summed E-state index contributed by atoms with van der Waals surface area (Å²) in [6.07, 6.45) is -4.97. The van der Waals surface area contributed by atoms with Gasteiger partial charge < -0.3 is 14.6 Å². The first-order valence-electron chi connectivity index (χ1n) is 7.22. The second kappa shape index (κ2) is 7.83. The van der Waals surface area contributed by atoms with Crippen LogP contribution in [0.3, 0.4) is 0 Å². The lowest BCUT2D eigenvalue weighted by atomic mass is 10.1. The Hall–Kier alpha value is -2.81. The van der Waals surface area contributed by atoms with Gasteiger partial charge in [-0.15, -0.1) is 0 Å². The summed E-state index contributed by atoms with van der Waals surface area (Å²) in [4.78, 5) is 22.3. The molecule has 1 N–H and O–H groups in total. The second-order valence-corrected chi connectivity index (χ2v) is 5.67. The molecule has 10 heteroatoms. The zero-order chi connectivity index (χ0) is 20.4. The molecule has 0 fully saturated rings. The van der Waals surface area contributed by atoms with Crippen molar-refractivity contribution in [3.8, 4) is 17.2 Å². The molecule has 0 saturated heterocycles. The average molecular weight is 407 g/mol. The van der Waals surface area contributed by atoms with E-state index in [1.807, 2.05) is 0 Å². The summed E-state index contributed by atoms with van der Waals surface area (Å²) in [5.41, 5.74) is -1.63. The van der Waals surface area contributed by atoms with Crippen LogP contribution in [0.15, 0.2) is 30.3 Å². The maximum Gasteiger partial charge on any atom is 0.420 e. The lowest BCUT2D eigenvalue weighted by Crippen LogP contribution is -2.11. The number of aliphatic carboxylic acids is 1. The Balaban J connectivity index is 2.34. The van der Waals surface area contributed by atoms with Gasteiger partial charge >= 0.3 is 12.1 Å². The number of rotatable bonds is 6. The first-order valence-corrected chi connectivity index (χ1v) is 7.60. The van der Waals surface area contributed by atoms with Crippen LogP contribution in [-0.4, -0.2) is 23.5 Å². The minimum absolute atomic E-state index is 0.0156. The summed E-state index contributed by atoms with van der Waals surface area (Å²) in [5, 5.41) is 7.74. The lowest BCUT2D eigenvalue weighted by Gasteiger charge is -2.14. The number of Topliss-reactive ketones (excluding diaryl/α,β-unsaturated/α-hetero) is 1. The molecule has 0 aliphatic rings. The molecule has 0 aromatic heterocycles. The number of halogens is 5. The van der Waals surface area contributed by atoms with E-state index in [1.165, 1.54) is 25.1 Å². The van der Waals surface area contributed by atoms with Gasteiger partial charge in [-0.1, -0.05) is 11.6 Å². The van der Waals surface area contributed by atoms with Crippen LogP contribution in [0.1, 0.15) is 22.8 Å². The standard InChI is InChI=1S/C17H11ClF4O5/c1-8(23)11-4-9(2-3-14(11)26-7-15(24)25)27-10-5-12(18)16(13(19)6-10)17(20,21)22/h2-6H,7H2,1H3,(H,24,25). The van der Waals surface area contributed by atoms with Crippen molar-refractivity contribution in [3.63, 3.8) is 0 Å². The second-order valence-electron chi connectivity index (χ2n) is 5.26. The normalized spacial score (nSPS) is 11.2. The van der Waals surface area contributed by atoms with E-state index < -0.39 is 40.9 Å². The number of ether oxygens (including phenoxy) is 2. The highest BCUT2D eigenvalue weighted by molar-refractivity contribution is 6.31. The van der Waals surface area contributed by atoms with E-state index in [0.717, 1.165) is 6.07 Å². The molecular weight excluding hydrogens is 396 g/mol. The monoisotopic (exact) mass is 406 g/mol. The quantitative estimate of drug-likeness (QED) is 0.542. The van der Waals surface area contributed by atoms with E-state index in [0.29, 0.717) is 6.07 Å². The number of carbonyl (C=O) groups excluding carboxylic acids is 1. The molecule has 144 valence electrons. The molecule has 0 unspecified atom stereocenters. The van der Waals surface area contributed by atoms with Gasteiger partial charge in [-0.05, 0) is 25.1 Å². The number of hydrogen-bond donors (Lipinski definition) is 1. The smallest absolute Gasteiger partial charge is 0.420 e. The van der Waals surface area contributed by atoms with E-state index in [4.69, 9.17) is 26.2 Å². The predicted molar refractivity (Wildman–Crippen MR) is 86.1 cm³/mol. The first-order chi connectivity index (χ1) is 12.5. The number of carboxylic acids is 1. The van der Waals surface area contributed by atoms with Crippen LogP contribution in [0.25, 0.3) is 0 Å². The zero-order valence-corrected chi connectivity index (χ0v) is 14.3. The molecule has 0 aliphatic heterocycles. The third-order valence-electron chi connectivity index (χ3n) is 3.22. The SMILES string of the molecule is CC(=O)c1cc(Oc2cc(F)c(C(F)(F)F)c(Cl)c2)ccc1OCC(=O)O. The Morgan fingerprint density at radius 3 is 2.33 bits per heavy atom. The number of benzene rings is 2. The largest absolute Gasteiger partial charge is 0.481 e. The van der Waals surface area contributed by atoms with Gasteiger partial charge in [0.2, 0.25) is 0 Å². The van der Waals surface area contributed by atoms with Crippen LogP contribution in [0.2, 0.25) is 5.02 Å². The van der Waals surface area contributed by atoms with Crippen molar-refractivity contribution in [2.24, 2.45) is 0 Å². The summed E-state index contributed by atoms with van der Waals surface area (Å²) in [6, 6.07) is 5.00. The molecule has 2 aromatic carbocycles. The molecule has 0 heterocycles. The molecule has 5 nitrogen and oxygen atoms in total. The van der Waals surface area contributed by atoms with Gasteiger partial charge in [0, 0.05) is 12.1 Å². The number of hydrogen-bond acceptors (Lipinski definition) is 4. The molecule has 0 aliphatic carbocycles. The zero-order valence-electron chi connectivity index (χ0n) is 13.6. The molecule has 0 bridgehead atoms. The van der Waals surface area contributed by atoms with E-state index in [2.05, 4.69) is 0 Å². The van der Waals surface area contributed by atoms with E-state index >= 15 is 0 Å². The Labute approximate surface area is 155 Å². The van der Waals surface area contributed by atoms with Gasteiger partial charge in [-0.3, -0.25) is 4.79 Å². The molecule has 2 aromatic rings. The van der Waals surface area contributed by atoms with Crippen LogP contribution in [-0.2, 0) is 11.0 Å². The minimum Gasteiger partial charge on any atom is -0.481 e. The average Bonchev–Trinajstić information content (AvgIpc) is 2.51. The number of carbonyl (C=O) groups is 2. The maximum absolute atomic E-state index is 13.7. The Kier molecular flexibility index (Phi) is 5.94. The van der Waals surface area contributed by atoms with Crippen molar-refractivity contribution in [3.05, 3.63) is 52.3 Å². The Bertz CT molecular complexity index is 872. The number of ketones is 1. The fourth-order valence-electron chi connectivity index (χ4n) is 2.13. The fourth-order valence-corrected chi connectivity index (χ4v) is 2.43. The minimum atomic E-state index is -4.97. The number of alkyl halides is 3. The highest BCUT2D eigenvalue weighted by Gasteiger charge is 2.37. The van der Waals surface area contributed by atoms with Gasteiger partial charge in [0.1, 0.15) is 28.6 Å². The third-order valence-corrected chi connectivity index (χ3v) is 3.51. The summed E-state index contributed by atoms with van der Waals surface area (Å²) in [7, 11) is 0. The van der Waals surface area contributed by atoms with Crippen LogP contribution >= 0.6 is 11.6 Å². The molecule has 0 spiro atoms. The van der Waals surface area contributed by atoms with Gasteiger partial charge in [-0.2, -0.15) is 13.2 Å². The fraction of sp³-hybridized carbons (Fsp3) is 0.176. The Morgan fingerprint density at radius 1 is 1.15 bits per heavy atom. The maximum atomic E-state index is 13.7. The van der Waals surface area contributed by atoms with Crippen molar-refractivity contribution >= 4 is 23.4 Å². The molecule has 0 amide bonds. The summed E-state index contributed by atoms with van der Waals surface area (Å²) >= 11 is 5.49. The van der Waals surface area contributed by atoms with Gasteiger partial charge in [0.05, 0.1) is 10.6 Å². The summed E-state index contributed by atoms with van der Waals surface area (Å²) < 4.78 is 62.2. The molecule has 27 heavy (non-hydrogen) atoms. The third kappa shape index (κ3) is 5.10. The molecule has 2 rings (SSSR count). The van der Waals surface area contributed by atoms with Crippen molar-refractivity contribution < 1.29 is 41.7 Å². The predicted octanol–water partition coefficient (Wildman–Crippen LogP) is 4.96. The van der Waals surface area contributed by atoms with Crippen molar-refractivity contribution in [1.29, 1.82) is 0 Å². The number of carboxylic acid groups (broad SMARTS) is 1. The van der Waals surface area contributed by atoms with E-state index in [1.54, 1.807) is 0 Å². The highest BCUT2D eigenvalue weighted by Crippen LogP contribution is 2.39. The van der Waals surface area contributed by atoms with Gasteiger partial charge in [0.25, 0.3) is 0 Å². The topological polar surface area (TPSA) is 72.8 Å². The lowest BCUT2D eigenvalue weighted by molar-refractivity contribution is -0.140. The van der Waals surface area contributed by atoms with Gasteiger partial charge in [-0.25, -0.2) is 9.18 Å². The molecule has 0 radical (unpaired) electrons. The molecule has 0 saturated carbocycles. The van der Waals surface area contributed by atoms with Crippen molar-refractivity contribution in [2.75, 3.05) is 6.61 Å². The van der Waals surface area contributed by atoms with Gasteiger partial charge in [0.15, 0.2) is 12.4 Å². The Morgan fingerprint density at radius 2 is 1.81 bits per heavy atom. The van der Waals surface area contributed by atoms with Crippen LogP contribution in [0.5, 0.6) is 17.2 Å².